The van der Waals surface area contributed by atoms with Crippen LogP contribution in [0, 0.1) is 11.6 Å². The summed E-state index contributed by atoms with van der Waals surface area (Å²) in [5, 5.41) is 10.9. The normalized spacial score (nSPS) is 14.8. The molecule has 3 aromatic carbocycles. The van der Waals surface area contributed by atoms with Crippen molar-refractivity contribution in [2.24, 2.45) is 0 Å². The summed E-state index contributed by atoms with van der Waals surface area (Å²) in [5.41, 5.74) is 2.69. The zero-order valence-corrected chi connectivity index (χ0v) is 17.7. The summed E-state index contributed by atoms with van der Waals surface area (Å²) < 4.78 is 28.3. The second kappa shape index (κ2) is 8.48. The van der Waals surface area contributed by atoms with E-state index in [-0.39, 0.29) is 17.3 Å². The van der Waals surface area contributed by atoms with E-state index in [4.69, 9.17) is 11.6 Å². The predicted molar refractivity (Wildman–Crippen MR) is 122 cm³/mol. The van der Waals surface area contributed by atoms with Gasteiger partial charge in [0.15, 0.2) is 0 Å². The summed E-state index contributed by atoms with van der Waals surface area (Å²) in [6.45, 7) is 0. The Labute approximate surface area is 192 Å². The van der Waals surface area contributed by atoms with E-state index in [1.165, 1.54) is 36.4 Å². The average molecular weight is 464 g/mol. The van der Waals surface area contributed by atoms with Gasteiger partial charge >= 0.3 is 0 Å². The van der Waals surface area contributed by atoms with E-state index in [9.17, 15) is 13.6 Å². The van der Waals surface area contributed by atoms with E-state index < -0.39 is 17.8 Å². The maximum atomic E-state index is 13.5. The van der Waals surface area contributed by atoms with Crippen molar-refractivity contribution in [1.82, 2.24) is 14.8 Å². The highest BCUT2D eigenvalue weighted by Gasteiger charge is 2.26. The largest absolute Gasteiger partial charge is 0.324 e. The Morgan fingerprint density at radius 2 is 1.58 bits per heavy atom. The van der Waals surface area contributed by atoms with Gasteiger partial charge in [0.25, 0.3) is 11.9 Å². The Morgan fingerprint density at radius 1 is 0.939 bits per heavy atom. The first-order valence-corrected chi connectivity index (χ1v) is 10.4. The van der Waals surface area contributed by atoms with Gasteiger partial charge in [0.2, 0.25) is 5.95 Å². The third kappa shape index (κ3) is 4.33. The lowest BCUT2D eigenvalue weighted by Gasteiger charge is -2.24. The quantitative estimate of drug-likeness (QED) is 0.418. The van der Waals surface area contributed by atoms with Crippen LogP contribution >= 0.6 is 11.6 Å². The lowest BCUT2D eigenvalue weighted by Crippen LogP contribution is -2.20. The van der Waals surface area contributed by atoms with Crippen LogP contribution < -0.4 is 10.6 Å². The number of anilines is 2. The van der Waals surface area contributed by atoms with Crippen molar-refractivity contribution < 1.29 is 13.6 Å². The maximum Gasteiger partial charge on any atom is 0.258 e. The molecule has 0 saturated heterocycles. The van der Waals surface area contributed by atoms with Gasteiger partial charge < -0.3 is 5.32 Å². The second-order valence-electron chi connectivity index (χ2n) is 7.37. The number of carbonyl (C=O) groups is 1. The summed E-state index contributed by atoms with van der Waals surface area (Å²) >= 11 is 6.02. The molecule has 2 heterocycles. The molecule has 0 aliphatic carbocycles. The summed E-state index contributed by atoms with van der Waals surface area (Å²) in [7, 11) is 0. The van der Waals surface area contributed by atoms with Crippen LogP contribution in [0.15, 0.2) is 78.9 Å². The van der Waals surface area contributed by atoms with E-state index in [0.717, 1.165) is 16.8 Å². The van der Waals surface area contributed by atoms with Crippen molar-refractivity contribution in [2.75, 3.05) is 10.6 Å². The Morgan fingerprint density at radius 3 is 2.24 bits per heavy atom. The van der Waals surface area contributed by atoms with Crippen molar-refractivity contribution in [3.63, 3.8) is 0 Å². The number of benzene rings is 3. The molecule has 0 radical (unpaired) electrons. The molecule has 1 atom stereocenters. The molecule has 0 spiro atoms. The lowest BCUT2D eigenvalue weighted by atomic mass is 10.0. The van der Waals surface area contributed by atoms with Gasteiger partial charge in [-0.3, -0.25) is 10.1 Å². The Bertz CT molecular complexity index is 1350. The van der Waals surface area contributed by atoms with Crippen molar-refractivity contribution in [3.8, 4) is 0 Å². The molecular formula is C24H16ClF2N5O. The van der Waals surface area contributed by atoms with E-state index in [2.05, 4.69) is 20.7 Å². The zero-order chi connectivity index (χ0) is 22.9. The number of hydrogen-bond acceptors (Lipinski definition) is 4. The molecule has 33 heavy (non-hydrogen) atoms. The summed E-state index contributed by atoms with van der Waals surface area (Å²) in [4.78, 5) is 16.9. The molecule has 4 aromatic rings. The zero-order valence-electron chi connectivity index (χ0n) is 17.0. The van der Waals surface area contributed by atoms with Gasteiger partial charge in [-0.25, -0.2) is 13.5 Å². The fourth-order valence-corrected chi connectivity index (χ4v) is 3.64. The number of aromatic nitrogens is 3. The standard InChI is InChI=1S/C24H16ClF2N5O/c25-17-7-1-14(2-8-17)20-13-21(15-3-9-18(26)10-4-15)32-24(28-20)30-23(31-32)29-22(33)16-5-11-19(27)12-6-16/h1-13,21H,(H2,28,29,30,31,33)/t21-/m1/s1. The van der Waals surface area contributed by atoms with Crippen LogP contribution in [0.4, 0.5) is 20.7 Å². The number of fused-ring (bicyclic) bond motifs is 1. The van der Waals surface area contributed by atoms with Gasteiger partial charge in [-0.2, -0.15) is 4.98 Å². The number of nitrogens with one attached hydrogen (secondary N) is 2. The number of nitrogens with zero attached hydrogens (tertiary/aromatic N) is 3. The molecule has 1 amide bonds. The van der Waals surface area contributed by atoms with Crippen LogP contribution in [-0.4, -0.2) is 20.7 Å². The minimum absolute atomic E-state index is 0.0738. The minimum atomic E-state index is -0.470. The smallest absolute Gasteiger partial charge is 0.258 e. The van der Waals surface area contributed by atoms with Crippen LogP contribution in [-0.2, 0) is 0 Å². The summed E-state index contributed by atoms with van der Waals surface area (Å²) in [6.07, 6.45) is 1.93. The Balaban J connectivity index is 1.50. The molecule has 6 nitrogen and oxygen atoms in total. The number of amides is 1. The van der Waals surface area contributed by atoms with E-state index in [1.54, 1.807) is 28.9 Å². The van der Waals surface area contributed by atoms with E-state index in [0.29, 0.717) is 11.0 Å². The van der Waals surface area contributed by atoms with Crippen LogP contribution in [0.25, 0.3) is 5.70 Å². The third-order valence-corrected chi connectivity index (χ3v) is 5.42. The number of allylic oxidation sites excluding steroid dienone is 1. The molecule has 0 saturated carbocycles. The van der Waals surface area contributed by atoms with Crippen molar-refractivity contribution in [1.29, 1.82) is 0 Å². The molecule has 9 heteroatoms. The van der Waals surface area contributed by atoms with Gasteiger partial charge in [-0.05, 0) is 65.7 Å². The summed E-state index contributed by atoms with van der Waals surface area (Å²) in [5.74, 6) is -0.784. The maximum absolute atomic E-state index is 13.5. The highest BCUT2D eigenvalue weighted by Crippen LogP contribution is 2.33. The van der Waals surface area contributed by atoms with Gasteiger partial charge in [-0.15, -0.1) is 5.10 Å². The predicted octanol–water partition coefficient (Wildman–Crippen LogP) is 5.52. The highest BCUT2D eigenvalue weighted by molar-refractivity contribution is 6.30. The van der Waals surface area contributed by atoms with E-state index in [1.807, 2.05) is 18.2 Å². The first-order chi connectivity index (χ1) is 16.0. The number of rotatable bonds is 4. The van der Waals surface area contributed by atoms with Crippen molar-refractivity contribution >= 4 is 35.1 Å². The molecule has 5 rings (SSSR count). The van der Waals surface area contributed by atoms with Gasteiger partial charge in [-0.1, -0.05) is 35.9 Å². The van der Waals surface area contributed by atoms with Crippen molar-refractivity contribution in [3.05, 3.63) is 112 Å². The number of carbonyl (C=O) groups excluding carboxylic acids is 1. The van der Waals surface area contributed by atoms with Crippen LogP contribution in [0.5, 0.6) is 0 Å². The molecule has 1 aliphatic heterocycles. The first kappa shape index (κ1) is 20.8. The fraction of sp³-hybridized carbons (Fsp3) is 0.0417. The number of halogens is 3. The molecule has 2 N–H and O–H groups in total. The fourth-order valence-electron chi connectivity index (χ4n) is 3.52. The monoisotopic (exact) mass is 463 g/mol. The highest BCUT2D eigenvalue weighted by atomic mass is 35.5. The third-order valence-electron chi connectivity index (χ3n) is 5.16. The molecule has 164 valence electrons. The van der Waals surface area contributed by atoms with Crippen LogP contribution in [0.1, 0.15) is 27.5 Å². The van der Waals surface area contributed by atoms with Gasteiger partial charge in [0, 0.05) is 16.3 Å². The average Bonchev–Trinajstić information content (AvgIpc) is 3.22. The van der Waals surface area contributed by atoms with Gasteiger partial charge in [0.05, 0.1) is 0 Å². The summed E-state index contributed by atoms with van der Waals surface area (Å²) in [6, 6.07) is 18.1. The number of hydrogen-bond donors (Lipinski definition) is 2. The molecule has 1 aromatic heterocycles. The SMILES string of the molecule is O=C(Nc1nc2n(n1)[C@@H](c1ccc(F)cc1)C=C(c1ccc(Cl)cc1)N2)c1ccc(F)cc1. The second-order valence-corrected chi connectivity index (χ2v) is 7.81. The van der Waals surface area contributed by atoms with Gasteiger partial charge in [0.1, 0.15) is 17.7 Å². The van der Waals surface area contributed by atoms with Crippen molar-refractivity contribution in [2.45, 2.75) is 6.04 Å². The van der Waals surface area contributed by atoms with Crippen LogP contribution in [0.2, 0.25) is 5.02 Å². The topological polar surface area (TPSA) is 71.8 Å². The molecule has 0 bridgehead atoms. The lowest BCUT2D eigenvalue weighted by molar-refractivity contribution is 0.102. The first-order valence-electron chi connectivity index (χ1n) is 10.00. The molecular weight excluding hydrogens is 448 g/mol. The molecule has 1 aliphatic rings. The molecule has 0 fully saturated rings. The Hall–Kier alpha value is -4.04. The Kier molecular flexibility index (Phi) is 5.35. The molecule has 0 unspecified atom stereocenters. The van der Waals surface area contributed by atoms with Crippen LogP contribution in [0.3, 0.4) is 0 Å². The minimum Gasteiger partial charge on any atom is -0.324 e. The van der Waals surface area contributed by atoms with E-state index >= 15 is 0 Å².